The van der Waals surface area contributed by atoms with Crippen LogP contribution in [-0.2, 0) is 13.5 Å². The van der Waals surface area contributed by atoms with Gasteiger partial charge in [-0.15, -0.1) is 0 Å². The number of H-pyrrole nitrogens is 1. The smallest absolute Gasteiger partial charge is 0.277 e. The summed E-state index contributed by atoms with van der Waals surface area (Å²) < 4.78 is 1.81. The lowest BCUT2D eigenvalue weighted by Crippen LogP contribution is -2.12. The molecule has 0 bridgehead atoms. The van der Waals surface area contributed by atoms with Crippen LogP contribution in [0.2, 0.25) is 0 Å². The Hall–Kier alpha value is -2.34. The average Bonchev–Trinajstić information content (AvgIpc) is 2.89. The fourth-order valence-corrected chi connectivity index (χ4v) is 3.07. The molecule has 23 heavy (non-hydrogen) atoms. The number of thioether (sulfide) groups is 1. The molecule has 2 heterocycles. The SMILES string of the molecule is CCc1nc2nc(SC/C=C/c3ccccc3)[nH]c(=O)c2n1C. The largest absolute Gasteiger partial charge is 0.325 e. The van der Waals surface area contributed by atoms with Gasteiger partial charge in [-0.3, -0.25) is 9.78 Å². The van der Waals surface area contributed by atoms with Crippen LogP contribution < -0.4 is 5.56 Å². The zero-order valence-electron chi connectivity index (χ0n) is 13.1. The molecule has 5 nitrogen and oxygen atoms in total. The second-order valence-electron chi connectivity index (χ2n) is 5.11. The van der Waals surface area contributed by atoms with Crippen molar-refractivity contribution in [2.45, 2.75) is 18.5 Å². The summed E-state index contributed by atoms with van der Waals surface area (Å²) in [6, 6.07) is 10.1. The molecule has 0 saturated carbocycles. The molecule has 118 valence electrons. The molecular weight excluding hydrogens is 308 g/mol. The predicted octanol–water partition coefficient (Wildman–Crippen LogP) is 3.02. The van der Waals surface area contributed by atoms with Crippen molar-refractivity contribution in [3.05, 3.63) is 58.1 Å². The van der Waals surface area contributed by atoms with E-state index in [2.05, 4.69) is 27.1 Å². The molecule has 0 aliphatic carbocycles. The fraction of sp³-hybridized carbons (Fsp3) is 0.235. The molecule has 0 fully saturated rings. The lowest BCUT2D eigenvalue weighted by Gasteiger charge is -1.99. The second-order valence-corrected chi connectivity index (χ2v) is 6.12. The first kappa shape index (κ1) is 15.6. The Kier molecular flexibility index (Phi) is 4.62. The third kappa shape index (κ3) is 3.37. The van der Waals surface area contributed by atoms with Gasteiger partial charge in [0.15, 0.2) is 16.3 Å². The van der Waals surface area contributed by atoms with E-state index in [0.717, 1.165) is 23.6 Å². The summed E-state index contributed by atoms with van der Waals surface area (Å²) in [7, 11) is 1.85. The third-order valence-corrected chi connectivity index (χ3v) is 4.38. The van der Waals surface area contributed by atoms with Crippen molar-refractivity contribution < 1.29 is 0 Å². The van der Waals surface area contributed by atoms with Gasteiger partial charge in [0, 0.05) is 19.2 Å². The number of rotatable bonds is 5. The molecule has 0 spiro atoms. The van der Waals surface area contributed by atoms with Gasteiger partial charge in [-0.1, -0.05) is 61.2 Å². The minimum Gasteiger partial charge on any atom is -0.325 e. The van der Waals surface area contributed by atoms with Crippen LogP contribution in [0.25, 0.3) is 17.2 Å². The number of aromatic nitrogens is 4. The first-order valence-corrected chi connectivity index (χ1v) is 8.47. The van der Waals surface area contributed by atoms with Gasteiger partial charge >= 0.3 is 0 Å². The maximum Gasteiger partial charge on any atom is 0.277 e. The summed E-state index contributed by atoms with van der Waals surface area (Å²) in [6.45, 7) is 2.01. The van der Waals surface area contributed by atoms with E-state index in [1.165, 1.54) is 11.8 Å². The summed E-state index contributed by atoms with van der Waals surface area (Å²) in [5, 5.41) is 0.598. The Morgan fingerprint density at radius 2 is 2.04 bits per heavy atom. The van der Waals surface area contributed by atoms with Crippen molar-refractivity contribution in [3.63, 3.8) is 0 Å². The zero-order chi connectivity index (χ0) is 16.2. The molecule has 0 unspecified atom stereocenters. The molecule has 0 amide bonds. The highest BCUT2D eigenvalue weighted by atomic mass is 32.2. The Morgan fingerprint density at radius 1 is 1.26 bits per heavy atom. The zero-order valence-corrected chi connectivity index (χ0v) is 13.9. The Balaban J connectivity index is 1.76. The van der Waals surface area contributed by atoms with E-state index in [0.29, 0.717) is 16.3 Å². The van der Waals surface area contributed by atoms with Crippen LogP contribution in [0.4, 0.5) is 0 Å². The summed E-state index contributed by atoms with van der Waals surface area (Å²) in [6.07, 6.45) is 4.88. The van der Waals surface area contributed by atoms with E-state index < -0.39 is 0 Å². The molecule has 2 aromatic heterocycles. The highest BCUT2D eigenvalue weighted by Gasteiger charge is 2.12. The normalized spacial score (nSPS) is 11.6. The number of fused-ring (bicyclic) bond motifs is 1. The quantitative estimate of drug-likeness (QED) is 0.578. The van der Waals surface area contributed by atoms with Crippen LogP contribution in [0, 0.1) is 0 Å². The molecule has 0 saturated heterocycles. The third-order valence-electron chi connectivity index (χ3n) is 3.55. The highest BCUT2D eigenvalue weighted by molar-refractivity contribution is 7.99. The van der Waals surface area contributed by atoms with Gasteiger partial charge in [0.05, 0.1) is 0 Å². The molecule has 3 rings (SSSR count). The standard InChI is InChI=1S/C17H18N4OS/c1-3-13-18-15-14(21(13)2)16(22)20-17(19-15)23-11-7-10-12-8-5-4-6-9-12/h4-10H,3,11H2,1-2H3,(H,19,20,22)/b10-7+. The Morgan fingerprint density at radius 3 is 2.78 bits per heavy atom. The summed E-state index contributed by atoms with van der Waals surface area (Å²) >= 11 is 1.49. The highest BCUT2D eigenvalue weighted by Crippen LogP contribution is 2.16. The lowest BCUT2D eigenvalue weighted by atomic mass is 10.2. The maximum atomic E-state index is 12.2. The van der Waals surface area contributed by atoms with Crippen LogP contribution in [0.15, 0.2) is 46.4 Å². The Bertz CT molecular complexity index is 896. The van der Waals surface area contributed by atoms with Crippen LogP contribution in [0.3, 0.4) is 0 Å². The van der Waals surface area contributed by atoms with Crippen molar-refractivity contribution in [2.75, 3.05) is 5.75 Å². The van der Waals surface area contributed by atoms with Gasteiger partial charge in [-0.05, 0) is 5.56 Å². The Labute approximate surface area is 138 Å². The number of hydrogen-bond acceptors (Lipinski definition) is 4. The van der Waals surface area contributed by atoms with Gasteiger partial charge in [0.1, 0.15) is 5.82 Å². The topological polar surface area (TPSA) is 63.6 Å². The summed E-state index contributed by atoms with van der Waals surface area (Å²) in [5.74, 6) is 1.60. The van der Waals surface area contributed by atoms with Crippen molar-refractivity contribution in [3.8, 4) is 0 Å². The van der Waals surface area contributed by atoms with Crippen molar-refractivity contribution in [2.24, 2.45) is 7.05 Å². The van der Waals surface area contributed by atoms with Gasteiger partial charge in [-0.2, -0.15) is 0 Å². The molecule has 0 atom stereocenters. The van der Waals surface area contributed by atoms with E-state index >= 15 is 0 Å². The van der Waals surface area contributed by atoms with Gasteiger partial charge in [-0.25, -0.2) is 9.97 Å². The van der Waals surface area contributed by atoms with Gasteiger partial charge < -0.3 is 4.57 Å². The van der Waals surface area contributed by atoms with Crippen molar-refractivity contribution >= 4 is 29.0 Å². The minimum absolute atomic E-state index is 0.140. The number of benzene rings is 1. The molecular formula is C17H18N4OS. The molecule has 3 aromatic rings. The first-order chi connectivity index (χ1) is 11.2. The number of nitrogens with zero attached hydrogens (tertiary/aromatic N) is 3. The molecule has 1 aromatic carbocycles. The van der Waals surface area contributed by atoms with E-state index in [1.54, 1.807) is 0 Å². The number of aromatic amines is 1. The van der Waals surface area contributed by atoms with Crippen LogP contribution in [0.1, 0.15) is 18.3 Å². The average molecular weight is 326 g/mol. The van der Waals surface area contributed by atoms with E-state index in [1.807, 2.05) is 48.9 Å². The summed E-state index contributed by atoms with van der Waals surface area (Å²) in [4.78, 5) is 23.9. The first-order valence-electron chi connectivity index (χ1n) is 7.49. The predicted molar refractivity (Wildman–Crippen MR) is 94.7 cm³/mol. The monoisotopic (exact) mass is 326 g/mol. The van der Waals surface area contributed by atoms with Gasteiger partial charge in [0.25, 0.3) is 5.56 Å². The van der Waals surface area contributed by atoms with Crippen LogP contribution in [0.5, 0.6) is 0 Å². The number of aryl methyl sites for hydroxylation is 2. The van der Waals surface area contributed by atoms with E-state index in [-0.39, 0.29) is 5.56 Å². The fourth-order valence-electron chi connectivity index (χ4n) is 2.40. The maximum absolute atomic E-state index is 12.2. The molecule has 6 heteroatoms. The van der Waals surface area contributed by atoms with Crippen molar-refractivity contribution in [1.29, 1.82) is 0 Å². The molecule has 0 radical (unpaired) electrons. The van der Waals surface area contributed by atoms with E-state index in [9.17, 15) is 4.79 Å². The van der Waals surface area contributed by atoms with Crippen LogP contribution in [-0.4, -0.2) is 25.3 Å². The van der Waals surface area contributed by atoms with Crippen LogP contribution >= 0.6 is 11.8 Å². The number of nitrogens with one attached hydrogen (secondary N) is 1. The minimum atomic E-state index is -0.140. The van der Waals surface area contributed by atoms with Crippen molar-refractivity contribution in [1.82, 2.24) is 19.5 Å². The summed E-state index contributed by atoms with van der Waals surface area (Å²) in [5.41, 5.74) is 2.07. The molecule has 0 aliphatic heterocycles. The number of imidazole rings is 1. The second kappa shape index (κ2) is 6.83. The molecule has 1 N–H and O–H groups in total. The van der Waals surface area contributed by atoms with E-state index in [4.69, 9.17) is 0 Å². The van der Waals surface area contributed by atoms with Gasteiger partial charge in [0.2, 0.25) is 0 Å². The molecule has 0 aliphatic rings. The lowest BCUT2D eigenvalue weighted by molar-refractivity contribution is 0.824. The number of hydrogen-bond donors (Lipinski definition) is 1.